The van der Waals surface area contributed by atoms with Crippen molar-refractivity contribution in [3.63, 3.8) is 0 Å². The molecule has 1 N–H and O–H groups in total. The number of hydrogen-bond acceptors (Lipinski definition) is 3. The molecule has 2 aromatic heterocycles. The lowest BCUT2D eigenvalue weighted by molar-refractivity contribution is 0.414. The Kier molecular flexibility index (Phi) is 4.34. The second kappa shape index (κ2) is 5.98. The van der Waals surface area contributed by atoms with Gasteiger partial charge < -0.3 is 9.73 Å². The molecular weight excluding hydrogens is 280 g/mol. The van der Waals surface area contributed by atoms with Gasteiger partial charge in [-0.25, -0.2) is 0 Å². The van der Waals surface area contributed by atoms with E-state index in [9.17, 15) is 0 Å². The molecule has 3 nitrogen and oxygen atoms in total. The van der Waals surface area contributed by atoms with Gasteiger partial charge in [-0.15, -0.1) is 0 Å². The quantitative estimate of drug-likeness (QED) is 0.919. The van der Waals surface area contributed by atoms with Crippen molar-refractivity contribution in [1.82, 2.24) is 10.3 Å². The number of hydrogen-bond donors (Lipinski definition) is 1. The maximum atomic E-state index is 5.52. The van der Waals surface area contributed by atoms with Crippen LogP contribution in [-0.4, -0.2) is 11.5 Å². The minimum Gasteiger partial charge on any atom is -0.466 e. The van der Waals surface area contributed by atoms with E-state index in [-0.39, 0.29) is 6.04 Å². The Morgan fingerprint density at radius 2 is 2.35 bits per heavy atom. The van der Waals surface area contributed by atoms with E-state index < -0.39 is 0 Å². The Labute approximate surface area is 109 Å². The number of halogens is 1. The van der Waals surface area contributed by atoms with E-state index in [4.69, 9.17) is 4.42 Å². The van der Waals surface area contributed by atoms with Crippen molar-refractivity contribution in [2.45, 2.75) is 19.4 Å². The molecule has 0 amide bonds. The van der Waals surface area contributed by atoms with Gasteiger partial charge in [0.25, 0.3) is 0 Å². The highest BCUT2D eigenvalue weighted by Crippen LogP contribution is 2.26. The Balaban J connectivity index is 2.16. The van der Waals surface area contributed by atoms with Crippen LogP contribution >= 0.6 is 15.9 Å². The fourth-order valence-corrected chi connectivity index (χ4v) is 2.29. The second-order valence-corrected chi connectivity index (χ2v) is 4.66. The molecule has 17 heavy (non-hydrogen) atoms. The van der Waals surface area contributed by atoms with Crippen LogP contribution in [0.1, 0.15) is 24.3 Å². The van der Waals surface area contributed by atoms with E-state index in [0.717, 1.165) is 23.2 Å². The molecule has 0 bridgehead atoms. The van der Waals surface area contributed by atoms with Gasteiger partial charge in [0, 0.05) is 12.4 Å². The first-order valence-corrected chi connectivity index (χ1v) is 6.45. The number of nitrogens with zero attached hydrogens (tertiary/aromatic N) is 1. The maximum Gasteiger partial charge on any atom is 0.135 e. The van der Waals surface area contributed by atoms with Crippen molar-refractivity contribution in [3.05, 3.63) is 52.7 Å². The van der Waals surface area contributed by atoms with Gasteiger partial charge in [0.2, 0.25) is 0 Å². The van der Waals surface area contributed by atoms with Gasteiger partial charge in [-0.05, 0) is 46.6 Å². The molecule has 0 aromatic carbocycles. The van der Waals surface area contributed by atoms with Crippen LogP contribution in [0.15, 0.2) is 45.7 Å². The zero-order valence-electron chi connectivity index (χ0n) is 9.69. The van der Waals surface area contributed by atoms with Crippen molar-refractivity contribution in [2.24, 2.45) is 0 Å². The first-order valence-electron chi connectivity index (χ1n) is 5.66. The van der Waals surface area contributed by atoms with E-state index in [1.54, 1.807) is 12.5 Å². The lowest BCUT2D eigenvalue weighted by atomic mass is 10.1. The topological polar surface area (TPSA) is 38.1 Å². The van der Waals surface area contributed by atoms with Crippen LogP contribution in [0.3, 0.4) is 0 Å². The number of pyridine rings is 1. The number of likely N-dealkylation sites (N-methyl/N-ethyl adjacent to an activating group) is 1. The highest BCUT2D eigenvalue weighted by molar-refractivity contribution is 9.10. The van der Waals surface area contributed by atoms with E-state index in [2.05, 4.69) is 39.2 Å². The van der Waals surface area contributed by atoms with E-state index in [1.165, 1.54) is 5.56 Å². The van der Waals surface area contributed by atoms with Crippen LogP contribution in [0, 0.1) is 0 Å². The van der Waals surface area contributed by atoms with Crippen molar-refractivity contribution in [1.29, 1.82) is 0 Å². The molecule has 0 aliphatic carbocycles. The molecule has 0 radical (unpaired) electrons. The Morgan fingerprint density at radius 1 is 1.47 bits per heavy atom. The first-order chi connectivity index (χ1) is 8.31. The van der Waals surface area contributed by atoms with E-state index >= 15 is 0 Å². The number of furan rings is 1. The number of rotatable bonds is 5. The summed E-state index contributed by atoms with van der Waals surface area (Å²) in [5, 5.41) is 3.42. The molecular formula is C13H15BrN2O. The summed E-state index contributed by atoms with van der Waals surface area (Å²) in [6, 6.07) is 6.13. The van der Waals surface area contributed by atoms with Crippen molar-refractivity contribution < 1.29 is 4.42 Å². The molecule has 90 valence electrons. The highest BCUT2D eigenvalue weighted by Gasteiger charge is 2.17. The molecule has 0 spiro atoms. The summed E-state index contributed by atoms with van der Waals surface area (Å²) in [6.07, 6.45) is 6.25. The van der Waals surface area contributed by atoms with E-state index in [1.807, 2.05) is 18.3 Å². The van der Waals surface area contributed by atoms with Crippen LogP contribution in [0.2, 0.25) is 0 Å². The molecule has 4 heteroatoms. The van der Waals surface area contributed by atoms with Gasteiger partial charge in [-0.2, -0.15) is 0 Å². The molecule has 2 rings (SSSR count). The summed E-state index contributed by atoms with van der Waals surface area (Å²) in [4.78, 5) is 4.13. The molecule has 2 heterocycles. The first kappa shape index (κ1) is 12.3. The number of aromatic nitrogens is 1. The standard InChI is InChI=1S/C13H15BrN2O/c1-2-16-12(13-11(14)5-7-17-13)8-10-4-3-6-15-9-10/h3-7,9,12,16H,2,8H2,1H3. The van der Waals surface area contributed by atoms with Crippen LogP contribution in [-0.2, 0) is 6.42 Å². The average molecular weight is 295 g/mol. The summed E-state index contributed by atoms with van der Waals surface area (Å²) < 4.78 is 6.53. The third kappa shape index (κ3) is 3.17. The average Bonchev–Trinajstić information content (AvgIpc) is 2.76. The zero-order chi connectivity index (χ0) is 12.1. The van der Waals surface area contributed by atoms with Gasteiger partial charge in [-0.3, -0.25) is 4.98 Å². The van der Waals surface area contributed by atoms with E-state index in [0.29, 0.717) is 0 Å². The molecule has 0 saturated heterocycles. The third-order valence-electron chi connectivity index (χ3n) is 2.57. The molecule has 0 aliphatic rings. The lowest BCUT2D eigenvalue weighted by Crippen LogP contribution is -2.22. The Bertz CT molecular complexity index is 455. The van der Waals surface area contributed by atoms with Gasteiger partial charge in [0.1, 0.15) is 5.76 Å². The summed E-state index contributed by atoms with van der Waals surface area (Å²) in [6.45, 7) is 2.99. The molecule has 1 atom stereocenters. The van der Waals surface area contributed by atoms with Crippen molar-refractivity contribution in [2.75, 3.05) is 6.54 Å². The Morgan fingerprint density at radius 3 is 2.94 bits per heavy atom. The molecule has 0 aliphatic heterocycles. The summed E-state index contributed by atoms with van der Waals surface area (Å²) >= 11 is 3.50. The highest BCUT2D eigenvalue weighted by atomic mass is 79.9. The summed E-state index contributed by atoms with van der Waals surface area (Å²) in [7, 11) is 0. The predicted octanol–water partition coefficient (Wildman–Crippen LogP) is 3.33. The fraction of sp³-hybridized carbons (Fsp3) is 0.308. The fourth-order valence-electron chi connectivity index (χ4n) is 1.81. The second-order valence-electron chi connectivity index (χ2n) is 3.81. The SMILES string of the molecule is CCNC(Cc1cccnc1)c1occc1Br. The summed E-state index contributed by atoms with van der Waals surface area (Å²) in [5.74, 6) is 0.940. The van der Waals surface area contributed by atoms with Crippen LogP contribution < -0.4 is 5.32 Å². The largest absolute Gasteiger partial charge is 0.466 e. The minimum absolute atomic E-state index is 0.175. The van der Waals surface area contributed by atoms with Gasteiger partial charge in [-0.1, -0.05) is 13.0 Å². The van der Waals surface area contributed by atoms with Crippen molar-refractivity contribution in [3.8, 4) is 0 Å². The molecule has 0 fully saturated rings. The van der Waals surface area contributed by atoms with Crippen LogP contribution in [0.25, 0.3) is 0 Å². The third-order valence-corrected chi connectivity index (χ3v) is 3.23. The molecule has 0 saturated carbocycles. The van der Waals surface area contributed by atoms with Gasteiger partial charge in [0.05, 0.1) is 16.8 Å². The normalized spacial score (nSPS) is 12.6. The monoisotopic (exact) mass is 294 g/mol. The smallest absolute Gasteiger partial charge is 0.135 e. The lowest BCUT2D eigenvalue weighted by Gasteiger charge is -2.16. The minimum atomic E-state index is 0.175. The molecule has 2 aromatic rings. The van der Waals surface area contributed by atoms with Gasteiger partial charge in [0.15, 0.2) is 0 Å². The number of nitrogens with one attached hydrogen (secondary N) is 1. The van der Waals surface area contributed by atoms with Gasteiger partial charge >= 0.3 is 0 Å². The predicted molar refractivity (Wildman–Crippen MR) is 70.8 cm³/mol. The molecule has 1 unspecified atom stereocenters. The van der Waals surface area contributed by atoms with Crippen molar-refractivity contribution >= 4 is 15.9 Å². The van der Waals surface area contributed by atoms with Crippen LogP contribution in [0.5, 0.6) is 0 Å². The Hall–Kier alpha value is -1.13. The zero-order valence-corrected chi connectivity index (χ0v) is 11.3. The van der Waals surface area contributed by atoms with Crippen LogP contribution in [0.4, 0.5) is 0 Å². The maximum absolute atomic E-state index is 5.52. The summed E-state index contributed by atoms with van der Waals surface area (Å²) in [5.41, 5.74) is 1.20.